The molecule has 1 N–H and O–H groups in total. The van der Waals surface area contributed by atoms with Gasteiger partial charge in [0.2, 0.25) is 11.8 Å². The van der Waals surface area contributed by atoms with E-state index in [4.69, 9.17) is 5.11 Å². The van der Waals surface area contributed by atoms with Crippen LogP contribution < -0.4 is 0 Å². The second kappa shape index (κ2) is 6.65. The van der Waals surface area contributed by atoms with Crippen LogP contribution in [0.2, 0.25) is 0 Å². The number of halogens is 1. The van der Waals surface area contributed by atoms with Gasteiger partial charge in [0.05, 0.1) is 16.3 Å². The fourth-order valence-corrected chi connectivity index (χ4v) is 4.64. The summed E-state index contributed by atoms with van der Waals surface area (Å²) in [4.78, 5) is 44.8. The summed E-state index contributed by atoms with van der Waals surface area (Å²) in [6.07, 6.45) is -0.256. The van der Waals surface area contributed by atoms with E-state index in [0.29, 0.717) is 4.90 Å². The lowest BCUT2D eigenvalue weighted by Crippen LogP contribution is -2.49. The van der Waals surface area contributed by atoms with Gasteiger partial charge in [0.25, 0.3) is 0 Å². The lowest BCUT2D eigenvalue weighted by atomic mass is 10.3. The standard InChI is InChI=1S/C11H14BrNO7S/c1-6(14)7(12)4-21(19,20)5-8(11(17)18)13-9(15)2-3-10(13)16/h7-8H,2-5H2,1H3,(H,17,18). The average molecular weight is 384 g/mol. The van der Waals surface area contributed by atoms with Gasteiger partial charge in [-0.05, 0) is 6.92 Å². The Labute approximate surface area is 129 Å². The minimum atomic E-state index is -3.95. The van der Waals surface area contributed by atoms with E-state index in [2.05, 4.69) is 15.9 Å². The first-order valence-corrected chi connectivity index (χ1v) is 8.71. The lowest BCUT2D eigenvalue weighted by Gasteiger charge is -2.22. The number of sulfone groups is 1. The molecule has 1 saturated heterocycles. The molecule has 1 aliphatic heterocycles. The van der Waals surface area contributed by atoms with Crippen molar-refractivity contribution in [3.05, 3.63) is 0 Å². The van der Waals surface area contributed by atoms with Crippen molar-refractivity contribution in [3.63, 3.8) is 0 Å². The maximum atomic E-state index is 11.9. The number of likely N-dealkylation sites (tertiary alicyclic amines) is 1. The molecule has 0 aromatic rings. The quantitative estimate of drug-likeness (QED) is 0.457. The summed E-state index contributed by atoms with van der Waals surface area (Å²) in [5.74, 6) is -4.90. The maximum Gasteiger partial charge on any atom is 0.327 e. The number of imide groups is 1. The number of carbonyl (C=O) groups excluding carboxylic acids is 3. The number of carboxylic acids is 1. The minimum Gasteiger partial charge on any atom is -0.480 e. The van der Waals surface area contributed by atoms with Crippen molar-refractivity contribution in [1.29, 1.82) is 0 Å². The molecule has 0 bridgehead atoms. The number of amides is 2. The van der Waals surface area contributed by atoms with Crippen LogP contribution in [0.25, 0.3) is 0 Å². The van der Waals surface area contributed by atoms with E-state index in [9.17, 15) is 27.6 Å². The summed E-state index contributed by atoms with van der Waals surface area (Å²) in [5, 5.41) is 9.09. The smallest absolute Gasteiger partial charge is 0.327 e. The van der Waals surface area contributed by atoms with Crippen molar-refractivity contribution in [3.8, 4) is 0 Å². The zero-order valence-electron chi connectivity index (χ0n) is 11.1. The highest BCUT2D eigenvalue weighted by atomic mass is 79.9. The monoisotopic (exact) mass is 383 g/mol. The molecule has 2 amide bonds. The summed E-state index contributed by atoms with van der Waals surface area (Å²) >= 11 is 2.89. The van der Waals surface area contributed by atoms with Gasteiger partial charge in [-0.1, -0.05) is 15.9 Å². The van der Waals surface area contributed by atoms with Crippen molar-refractivity contribution in [2.45, 2.75) is 30.6 Å². The minimum absolute atomic E-state index is 0.128. The molecular formula is C11H14BrNO7S. The molecule has 1 aliphatic rings. The van der Waals surface area contributed by atoms with Crippen LogP contribution in [0, 0.1) is 0 Å². The predicted molar refractivity (Wildman–Crippen MR) is 74.6 cm³/mol. The number of carbonyl (C=O) groups is 4. The third-order valence-electron chi connectivity index (χ3n) is 2.94. The first kappa shape index (κ1) is 17.8. The van der Waals surface area contributed by atoms with E-state index in [1.54, 1.807) is 0 Å². The summed E-state index contributed by atoms with van der Waals surface area (Å²) in [5.41, 5.74) is 0. The molecule has 21 heavy (non-hydrogen) atoms. The van der Waals surface area contributed by atoms with Crippen LogP contribution in [0.15, 0.2) is 0 Å². The van der Waals surface area contributed by atoms with Crippen LogP contribution in [0.4, 0.5) is 0 Å². The summed E-state index contributed by atoms with van der Waals surface area (Å²) in [6, 6.07) is -1.76. The van der Waals surface area contributed by atoms with Gasteiger partial charge in [0.1, 0.15) is 5.78 Å². The van der Waals surface area contributed by atoms with E-state index in [-0.39, 0.29) is 12.8 Å². The molecule has 2 atom stereocenters. The van der Waals surface area contributed by atoms with Crippen LogP contribution in [0.1, 0.15) is 19.8 Å². The van der Waals surface area contributed by atoms with Crippen molar-refractivity contribution < 1.29 is 32.7 Å². The number of alkyl halides is 1. The zero-order valence-corrected chi connectivity index (χ0v) is 13.5. The molecule has 1 fully saturated rings. The van der Waals surface area contributed by atoms with E-state index in [1.807, 2.05) is 0 Å². The first-order valence-electron chi connectivity index (χ1n) is 5.98. The van der Waals surface area contributed by atoms with Crippen molar-refractivity contribution in [1.82, 2.24) is 4.90 Å². The largest absolute Gasteiger partial charge is 0.480 e. The Balaban J connectivity index is 2.93. The van der Waals surface area contributed by atoms with Crippen molar-refractivity contribution in [2.75, 3.05) is 11.5 Å². The molecule has 0 aromatic heterocycles. The summed E-state index contributed by atoms with van der Waals surface area (Å²) in [6.45, 7) is 1.19. The van der Waals surface area contributed by atoms with Crippen molar-refractivity contribution in [2.24, 2.45) is 0 Å². The van der Waals surface area contributed by atoms with Gasteiger partial charge in [-0.3, -0.25) is 19.3 Å². The molecule has 0 saturated carbocycles. The second-order valence-electron chi connectivity index (χ2n) is 4.67. The van der Waals surface area contributed by atoms with E-state index in [1.165, 1.54) is 6.92 Å². The van der Waals surface area contributed by atoms with Crippen LogP contribution in [0.3, 0.4) is 0 Å². The molecule has 8 nitrogen and oxygen atoms in total. The highest BCUT2D eigenvalue weighted by Gasteiger charge is 2.41. The Kier molecular flexibility index (Phi) is 5.62. The average Bonchev–Trinajstić information content (AvgIpc) is 2.65. The zero-order chi connectivity index (χ0) is 16.4. The number of hydrogen-bond donors (Lipinski definition) is 1. The van der Waals surface area contributed by atoms with Gasteiger partial charge in [0, 0.05) is 12.8 Å². The van der Waals surface area contributed by atoms with Gasteiger partial charge >= 0.3 is 5.97 Å². The number of rotatable bonds is 7. The van der Waals surface area contributed by atoms with Crippen LogP contribution in [-0.4, -0.2) is 64.4 Å². The fourth-order valence-electron chi connectivity index (χ4n) is 1.85. The molecule has 10 heteroatoms. The third-order valence-corrected chi connectivity index (χ3v) is 6.00. The van der Waals surface area contributed by atoms with E-state index < -0.39 is 55.8 Å². The van der Waals surface area contributed by atoms with Gasteiger partial charge in [0.15, 0.2) is 15.9 Å². The SMILES string of the molecule is CC(=O)C(Br)CS(=O)(=O)CC(C(=O)O)N1C(=O)CCC1=O. The first-order chi connectivity index (χ1) is 9.55. The Morgan fingerprint density at radius 2 is 1.71 bits per heavy atom. The molecule has 1 heterocycles. The number of Topliss-reactive ketones (excluding diaryl/α,β-unsaturated/α-hetero) is 1. The molecule has 0 aromatic carbocycles. The second-order valence-corrected chi connectivity index (χ2v) is 7.93. The van der Waals surface area contributed by atoms with Gasteiger partial charge in [-0.2, -0.15) is 0 Å². The topological polar surface area (TPSA) is 126 Å². The van der Waals surface area contributed by atoms with E-state index in [0.717, 1.165) is 0 Å². The molecular weight excluding hydrogens is 370 g/mol. The Morgan fingerprint density at radius 1 is 1.24 bits per heavy atom. The number of carboxylic acid groups (broad SMARTS) is 1. The number of nitrogens with zero attached hydrogens (tertiary/aromatic N) is 1. The normalized spacial score (nSPS) is 18.7. The van der Waals surface area contributed by atoms with Crippen LogP contribution in [-0.2, 0) is 29.0 Å². The number of aliphatic carboxylic acids is 1. The van der Waals surface area contributed by atoms with Gasteiger partial charge in [-0.25, -0.2) is 13.2 Å². The molecule has 0 spiro atoms. The Morgan fingerprint density at radius 3 is 2.10 bits per heavy atom. The molecule has 1 rings (SSSR count). The van der Waals surface area contributed by atoms with Crippen LogP contribution >= 0.6 is 15.9 Å². The highest BCUT2D eigenvalue weighted by molar-refractivity contribution is 9.10. The van der Waals surface area contributed by atoms with E-state index >= 15 is 0 Å². The molecule has 2 unspecified atom stereocenters. The lowest BCUT2D eigenvalue weighted by molar-refractivity contribution is -0.153. The van der Waals surface area contributed by atoms with Gasteiger partial charge < -0.3 is 5.11 Å². The van der Waals surface area contributed by atoms with Crippen molar-refractivity contribution >= 4 is 49.3 Å². The number of hydrogen-bond acceptors (Lipinski definition) is 6. The predicted octanol–water partition coefficient (Wildman–Crippen LogP) is -0.644. The Hall–Kier alpha value is -1.29. The van der Waals surface area contributed by atoms with Gasteiger partial charge in [-0.15, -0.1) is 0 Å². The Bertz CT molecular complexity index is 569. The molecule has 0 aliphatic carbocycles. The molecule has 118 valence electrons. The third kappa shape index (κ3) is 4.60. The summed E-state index contributed by atoms with van der Waals surface area (Å²) < 4.78 is 23.9. The fraction of sp³-hybridized carbons (Fsp3) is 0.636. The number of ketones is 1. The molecule has 0 radical (unpaired) electrons. The summed E-state index contributed by atoms with van der Waals surface area (Å²) in [7, 11) is -3.95. The maximum absolute atomic E-state index is 11.9. The van der Waals surface area contributed by atoms with Crippen LogP contribution in [0.5, 0.6) is 0 Å². The highest BCUT2D eigenvalue weighted by Crippen LogP contribution is 2.18.